The molecule has 0 bridgehead atoms. The van der Waals surface area contributed by atoms with Crippen LogP contribution in [0.1, 0.15) is 16.2 Å². The molecule has 4 rings (SSSR count). The molecule has 0 aromatic carbocycles. The van der Waals surface area contributed by atoms with Crippen molar-refractivity contribution < 1.29 is 32.6 Å². The topological polar surface area (TPSA) is 115 Å². The first-order chi connectivity index (χ1) is 15.6. The zero-order valence-corrected chi connectivity index (χ0v) is 17.5. The van der Waals surface area contributed by atoms with Crippen LogP contribution in [0.4, 0.5) is 13.2 Å². The van der Waals surface area contributed by atoms with E-state index in [0.29, 0.717) is 25.4 Å². The number of carbonyl (C=O) groups is 2. The number of ether oxygens (including phenoxy) is 1. The maximum atomic E-state index is 12.9. The van der Waals surface area contributed by atoms with Gasteiger partial charge in [-0.15, -0.1) is 0 Å². The van der Waals surface area contributed by atoms with Crippen molar-refractivity contribution in [2.75, 3.05) is 13.2 Å². The number of nitrogens with zero attached hydrogens (tertiary/aromatic N) is 6. The number of halogens is 3. The lowest BCUT2D eigenvalue weighted by molar-refractivity contribution is -0.192. The fourth-order valence-electron chi connectivity index (χ4n) is 3.15. The van der Waals surface area contributed by atoms with Gasteiger partial charge in [0.1, 0.15) is 11.4 Å². The number of carboxylic acids is 1. The summed E-state index contributed by atoms with van der Waals surface area (Å²) < 4.78 is 41.3. The summed E-state index contributed by atoms with van der Waals surface area (Å²) >= 11 is 0. The number of carboxylic acid groups (broad SMARTS) is 1. The monoisotopic (exact) mass is 466 g/mol. The van der Waals surface area contributed by atoms with E-state index in [9.17, 15) is 18.0 Å². The van der Waals surface area contributed by atoms with Crippen LogP contribution < -0.4 is 4.74 Å². The number of alkyl halides is 3. The number of aliphatic carboxylic acids is 1. The molecule has 1 N–H and O–H groups in total. The van der Waals surface area contributed by atoms with E-state index in [-0.39, 0.29) is 11.8 Å². The molecule has 3 aromatic rings. The molecular formula is C20H21F3N6O4. The Kier molecular flexibility index (Phi) is 7.30. The van der Waals surface area contributed by atoms with Crippen LogP contribution in [0.25, 0.3) is 0 Å². The van der Waals surface area contributed by atoms with Crippen molar-refractivity contribution in [3.8, 4) is 5.75 Å². The molecule has 4 heterocycles. The van der Waals surface area contributed by atoms with Crippen molar-refractivity contribution in [2.24, 2.45) is 13.0 Å². The van der Waals surface area contributed by atoms with E-state index in [1.165, 1.54) is 0 Å². The average molecular weight is 466 g/mol. The Bertz CT molecular complexity index is 1080. The van der Waals surface area contributed by atoms with Crippen molar-refractivity contribution in [3.63, 3.8) is 0 Å². The second kappa shape index (κ2) is 10.1. The first-order valence-electron chi connectivity index (χ1n) is 9.74. The van der Waals surface area contributed by atoms with Gasteiger partial charge in [-0.05, 0) is 18.2 Å². The highest BCUT2D eigenvalue weighted by Crippen LogP contribution is 2.19. The van der Waals surface area contributed by atoms with Gasteiger partial charge in [-0.2, -0.15) is 18.3 Å². The number of rotatable bonds is 4. The van der Waals surface area contributed by atoms with Crippen molar-refractivity contribution in [1.29, 1.82) is 0 Å². The molecule has 0 fully saturated rings. The number of hydrogen-bond donors (Lipinski definition) is 1. The fourth-order valence-corrected chi connectivity index (χ4v) is 3.15. The highest BCUT2D eigenvalue weighted by atomic mass is 19.4. The van der Waals surface area contributed by atoms with E-state index >= 15 is 0 Å². The number of pyridine rings is 1. The van der Waals surface area contributed by atoms with E-state index in [4.69, 9.17) is 14.6 Å². The Morgan fingerprint density at radius 3 is 2.58 bits per heavy atom. The highest BCUT2D eigenvalue weighted by molar-refractivity contribution is 5.92. The molecule has 0 spiro atoms. The normalized spacial score (nSPS) is 15.6. The summed E-state index contributed by atoms with van der Waals surface area (Å²) in [5, 5.41) is 11.4. The van der Waals surface area contributed by atoms with Crippen LogP contribution in [0.2, 0.25) is 0 Å². The summed E-state index contributed by atoms with van der Waals surface area (Å²) in [5.41, 5.74) is 1.46. The molecule has 0 saturated heterocycles. The molecule has 0 saturated carbocycles. The molecule has 1 amide bonds. The molecule has 1 atom stereocenters. The van der Waals surface area contributed by atoms with E-state index in [2.05, 4.69) is 19.6 Å². The number of fused-ring (bicyclic) bond motifs is 1. The van der Waals surface area contributed by atoms with Gasteiger partial charge < -0.3 is 19.3 Å². The van der Waals surface area contributed by atoms with E-state index in [1.54, 1.807) is 42.7 Å². The van der Waals surface area contributed by atoms with Crippen LogP contribution in [-0.4, -0.2) is 65.5 Å². The SMILES string of the molecule is Cn1ccc(C(=O)N2Cc3cncn3CC(COc3cccnc3)C2)n1.O=C(O)C(F)(F)F. The van der Waals surface area contributed by atoms with E-state index < -0.39 is 12.1 Å². The van der Waals surface area contributed by atoms with Crippen molar-refractivity contribution in [2.45, 2.75) is 19.3 Å². The van der Waals surface area contributed by atoms with Gasteiger partial charge in [-0.3, -0.25) is 14.5 Å². The molecule has 1 aliphatic rings. The first kappa shape index (κ1) is 23.8. The molecule has 0 aliphatic carbocycles. The summed E-state index contributed by atoms with van der Waals surface area (Å²) in [6.07, 6.45) is 3.71. The maximum absolute atomic E-state index is 12.9. The van der Waals surface area contributed by atoms with Crippen molar-refractivity contribution in [3.05, 3.63) is 60.7 Å². The summed E-state index contributed by atoms with van der Waals surface area (Å²) in [5.74, 6) is -1.97. The largest absolute Gasteiger partial charge is 0.492 e. The molecule has 13 heteroatoms. The minimum Gasteiger partial charge on any atom is -0.492 e. The van der Waals surface area contributed by atoms with Crippen molar-refractivity contribution >= 4 is 11.9 Å². The van der Waals surface area contributed by atoms with Gasteiger partial charge in [-0.25, -0.2) is 9.78 Å². The molecule has 10 nitrogen and oxygen atoms in total. The lowest BCUT2D eigenvalue weighted by Gasteiger charge is -2.23. The van der Waals surface area contributed by atoms with Crippen LogP contribution in [0.5, 0.6) is 5.75 Å². The third-order valence-corrected chi connectivity index (χ3v) is 4.67. The zero-order chi connectivity index (χ0) is 24.0. The molecule has 1 aliphatic heterocycles. The van der Waals surface area contributed by atoms with Gasteiger partial charge in [0.05, 0.1) is 31.4 Å². The maximum Gasteiger partial charge on any atom is 0.490 e. The molecule has 0 radical (unpaired) electrons. The number of imidazole rings is 1. The minimum absolute atomic E-state index is 0.0772. The lowest BCUT2D eigenvalue weighted by atomic mass is 10.1. The summed E-state index contributed by atoms with van der Waals surface area (Å²) in [4.78, 5) is 31.9. The zero-order valence-electron chi connectivity index (χ0n) is 17.5. The van der Waals surface area contributed by atoms with Crippen LogP contribution in [0, 0.1) is 5.92 Å². The number of carbonyl (C=O) groups excluding carboxylic acids is 1. The van der Waals surface area contributed by atoms with Gasteiger partial charge >= 0.3 is 12.1 Å². The van der Waals surface area contributed by atoms with Crippen LogP contribution in [-0.2, 0) is 24.9 Å². The highest BCUT2D eigenvalue weighted by Gasteiger charge is 2.38. The van der Waals surface area contributed by atoms with Gasteiger partial charge in [0.25, 0.3) is 5.91 Å². The van der Waals surface area contributed by atoms with Crippen molar-refractivity contribution in [1.82, 2.24) is 29.2 Å². The second-order valence-electron chi connectivity index (χ2n) is 7.27. The number of amides is 1. The average Bonchev–Trinajstić information content (AvgIpc) is 3.36. The fraction of sp³-hybridized carbons (Fsp3) is 0.350. The Morgan fingerprint density at radius 1 is 1.21 bits per heavy atom. The van der Waals surface area contributed by atoms with Gasteiger partial charge in [0.15, 0.2) is 0 Å². The quantitative estimate of drug-likeness (QED) is 0.625. The molecule has 1 unspecified atom stereocenters. The van der Waals surface area contributed by atoms with Gasteiger partial charge in [0.2, 0.25) is 0 Å². The molecular weight excluding hydrogens is 445 g/mol. The number of hydrogen-bond acceptors (Lipinski definition) is 6. The summed E-state index contributed by atoms with van der Waals surface area (Å²) in [7, 11) is 1.80. The number of aromatic nitrogens is 5. The lowest BCUT2D eigenvalue weighted by Crippen LogP contribution is -2.36. The second-order valence-corrected chi connectivity index (χ2v) is 7.27. The molecule has 176 valence electrons. The van der Waals surface area contributed by atoms with Crippen LogP contribution >= 0.6 is 0 Å². The predicted molar refractivity (Wildman–Crippen MR) is 107 cm³/mol. The first-order valence-corrected chi connectivity index (χ1v) is 9.74. The molecule has 3 aromatic heterocycles. The van der Waals surface area contributed by atoms with E-state index in [0.717, 1.165) is 18.0 Å². The van der Waals surface area contributed by atoms with Gasteiger partial charge in [-0.1, -0.05) is 0 Å². The van der Waals surface area contributed by atoms with Crippen LogP contribution in [0.3, 0.4) is 0 Å². The number of aryl methyl sites for hydroxylation is 1. The summed E-state index contributed by atoms with van der Waals surface area (Å²) in [6.45, 7) is 2.35. The third-order valence-electron chi connectivity index (χ3n) is 4.67. The Hall–Kier alpha value is -3.90. The standard InChI is InChI=1S/C18H20N6O2.C2HF3O2/c1-22-6-4-17(21-22)18(25)23-9-14(10-24-13-20-7-15(24)11-23)12-26-16-3-2-5-19-8-16;3-2(4,5)1(6)7/h2-8,13-14H,9-12H2,1H3;(H,6,7). The Balaban J connectivity index is 0.000000383. The molecule has 33 heavy (non-hydrogen) atoms. The van der Waals surface area contributed by atoms with E-state index in [1.807, 2.05) is 23.2 Å². The predicted octanol–water partition coefficient (Wildman–Crippen LogP) is 2.00. The smallest absolute Gasteiger partial charge is 0.490 e. The third kappa shape index (κ3) is 6.54. The van der Waals surface area contributed by atoms with Crippen LogP contribution in [0.15, 0.2) is 49.3 Å². The minimum atomic E-state index is -5.08. The summed E-state index contributed by atoms with van der Waals surface area (Å²) in [6, 6.07) is 5.46. The Labute approximate surface area is 186 Å². The van der Waals surface area contributed by atoms with Gasteiger partial charge in [0, 0.05) is 44.6 Å². The Morgan fingerprint density at radius 2 is 1.97 bits per heavy atom.